The lowest BCUT2D eigenvalue weighted by Gasteiger charge is -2.40. The Morgan fingerprint density at radius 3 is 2.30 bits per heavy atom. The first kappa shape index (κ1) is 17.2. The number of piperidine rings is 1. The molecule has 118 valence electrons. The van der Waals surface area contributed by atoms with Crippen LogP contribution in [0.2, 0.25) is 0 Å². The molecule has 1 aliphatic rings. The zero-order chi connectivity index (χ0) is 15.4. The van der Waals surface area contributed by atoms with Crippen LogP contribution in [-0.4, -0.2) is 67.4 Å². The van der Waals surface area contributed by atoms with Gasteiger partial charge in [0.25, 0.3) is 10.2 Å². The Morgan fingerprint density at radius 1 is 1.40 bits per heavy atom. The maximum absolute atomic E-state index is 12.4. The third-order valence-corrected chi connectivity index (χ3v) is 5.65. The molecule has 8 nitrogen and oxygen atoms in total. The molecule has 0 bridgehead atoms. The molecule has 0 amide bonds. The predicted octanol–water partition coefficient (Wildman–Crippen LogP) is -0.627. The highest BCUT2D eigenvalue weighted by molar-refractivity contribution is 7.87. The zero-order valence-electron chi connectivity index (χ0n) is 12.3. The molecule has 0 unspecified atom stereocenters. The lowest BCUT2D eigenvalue weighted by atomic mass is 9.88. The van der Waals surface area contributed by atoms with Gasteiger partial charge in [-0.15, -0.1) is 0 Å². The van der Waals surface area contributed by atoms with Crippen molar-refractivity contribution in [2.75, 3.05) is 33.2 Å². The highest BCUT2D eigenvalue weighted by Crippen LogP contribution is 2.23. The van der Waals surface area contributed by atoms with Crippen molar-refractivity contribution in [2.45, 2.75) is 32.2 Å². The van der Waals surface area contributed by atoms with Crippen LogP contribution in [0.15, 0.2) is 5.16 Å². The van der Waals surface area contributed by atoms with Crippen LogP contribution in [0.5, 0.6) is 0 Å². The number of oxime groups is 1. The first-order valence-electron chi connectivity index (χ1n) is 6.77. The summed E-state index contributed by atoms with van der Waals surface area (Å²) in [7, 11) is -1.71. The molecule has 0 saturated carbocycles. The molecule has 1 fully saturated rings. The van der Waals surface area contributed by atoms with Gasteiger partial charge in [0.05, 0.1) is 5.54 Å². The fraction of sp³-hybridized carbons (Fsp3) is 0.909. The van der Waals surface area contributed by atoms with E-state index in [9.17, 15) is 8.42 Å². The second kappa shape index (κ2) is 6.70. The van der Waals surface area contributed by atoms with Gasteiger partial charge in [-0.2, -0.15) is 17.4 Å². The molecule has 9 heteroatoms. The van der Waals surface area contributed by atoms with Gasteiger partial charge in [0.1, 0.15) is 0 Å². The quantitative estimate of drug-likeness (QED) is 0.262. The van der Waals surface area contributed by atoms with Crippen LogP contribution in [0, 0.1) is 0 Å². The molecule has 0 spiro atoms. The SMILES string of the molecule is CCN(CC)S(=O)(=O)NC1(/C(N)=N/O)CCN(C)CC1. The van der Waals surface area contributed by atoms with E-state index in [1.807, 2.05) is 7.05 Å². The van der Waals surface area contributed by atoms with Crippen LogP contribution < -0.4 is 10.5 Å². The largest absolute Gasteiger partial charge is 0.409 e. The van der Waals surface area contributed by atoms with Crippen LogP contribution in [0.1, 0.15) is 26.7 Å². The third-order valence-electron chi connectivity index (χ3n) is 3.81. The predicted molar refractivity (Wildman–Crippen MR) is 77.8 cm³/mol. The standard InChI is InChI=1S/C11H25N5O3S/c1-4-16(5-2)20(18,19)14-11(10(12)13-17)6-8-15(3)9-7-11/h14,17H,4-9H2,1-3H3,(H2,12,13). The van der Waals surface area contributed by atoms with Gasteiger partial charge in [-0.05, 0) is 19.9 Å². The Kier molecular flexibility index (Phi) is 5.75. The maximum Gasteiger partial charge on any atom is 0.280 e. The fourth-order valence-corrected chi connectivity index (χ4v) is 3.99. The highest BCUT2D eigenvalue weighted by atomic mass is 32.2. The molecule has 0 aromatic heterocycles. The van der Waals surface area contributed by atoms with E-state index in [0.29, 0.717) is 39.0 Å². The van der Waals surface area contributed by atoms with E-state index >= 15 is 0 Å². The van der Waals surface area contributed by atoms with Crippen LogP contribution in [0.25, 0.3) is 0 Å². The number of nitrogens with two attached hydrogens (primary N) is 1. The fourth-order valence-electron chi connectivity index (χ4n) is 2.38. The van der Waals surface area contributed by atoms with E-state index in [1.54, 1.807) is 13.8 Å². The van der Waals surface area contributed by atoms with Gasteiger partial charge in [-0.1, -0.05) is 19.0 Å². The first-order valence-corrected chi connectivity index (χ1v) is 8.21. The number of hydrogen-bond donors (Lipinski definition) is 3. The lowest BCUT2D eigenvalue weighted by molar-refractivity contribution is 0.211. The van der Waals surface area contributed by atoms with Crippen molar-refractivity contribution in [1.82, 2.24) is 13.9 Å². The molecule has 20 heavy (non-hydrogen) atoms. The second-order valence-corrected chi connectivity index (χ2v) is 6.73. The zero-order valence-corrected chi connectivity index (χ0v) is 13.2. The summed E-state index contributed by atoms with van der Waals surface area (Å²) in [6, 6.07) is 0. The Morgan fingerprint density at radius 2 is 1.90 bits per heavy atom. The van der Waals surface area contributed by atoms with Gasteiger partial charge in [0.15, 0.2) is 5.84 Å². The first-order chi connectivity index (χ1) is 9.31. The van der Waals surface area contributed by atoms with E-state index < -0.39 is 15.7 Å². The van der Waals surface area contributed by atoms with Crippen LogP contribution in [-0.2, 0) is 10.2 Å². The van der Waals surface area contributed by atoms with E-state index in [-0.39, 0.29) is 5.84 Å². The summed E-state index contributed by atoms with van der Waals surface area (Å²) in [5.41, 5.74) is 4.74. The van der Waals surface area contributed by atoms with Crippen molar-refractivity contribution in [2.24, 2.45) is 10.9 Å². The van der Waals surface area contributed by atoms with E-state index in [2.05, 4.69) is 14.8 Å². The average Bonchev–Trinajstić information content (AvgIpc) is 2.41. The Hall–Kier alpha value is -0.900. The van der Waals surface area contributed by atoms with Crippen molar-refractivity contribution in [3.8, 4) is 0 Å². The lowest BCUT2D eigenvalue weighted by Crippen LogP contribution is -2.63. The summed E-state index contributed by atoms with van der Waals surface area (Å²) in [4.78, 5) is 2.08. The van der Waals surface area contributed by atoms with Gasteiger partial charge in [0, 0.05) is 26.2 Å². The Balaban J connectivity index is 3.03. The summed E-state index contributed by atoms with van der Waals surface area (Å²) in [6.45, 7) is 5.64. The van der Waals surface area contributed by atoms with Gasteiger partial charge >= 0.3 is 0 Å². The molecular formula is C11H25N5O3S. The minimum atomic E-state index is -3.66. The third kappa shape index (κ3) is 3.60. The number of rotatable bonds is 6. The van der Waals surface area contributed by atoms with Gasteiger partial charge < -0.3 is 15.8 Å². The van der Waals surface area contributed by atoms with Crippen LogP contribution >= 0.6 is 0 Å². The molecule has 4 N–H and O–H groups in total. The molecule has 1 saturated heterocycles. The molecule has 0 aromatic carbocycles. The van der Waals surface area contributed by atoms with Gasteiger partial charge in [-0.3, -0.25) is 0 Å². The Labute approximate surface area is 120 Å². The summed E-state index contributed by atoms with van der Waals surface area (Å²) < 4.78 is 28.7. The van der Waals surface area contributed by atoms with Crippen molar-refractivity contribution >= 4 is 16.0 Å². The second-order valence-electron chi connectivity index (χ2n) is 5.06. The summed E-state index contributed by atoms with van der Waals surface area (Å²) in [5, 5.41) is 12.0. The molecule has 1 rings (SSSR count). The molecule has 0 radical (unpaired) electrons. The number of hydrogen-bond acceptors (Lipinski definition) is 5. The number of nitrogens with one attached hydrogen (secondary N) is 1. The summed E-state index contributed by atoms with van der Waals surface area (Å²) >= 11 is 0. The average molecular weight is 307 g/mol. The molecular weight excluding hydrogens is 282 g/mol. The minimum Gasteiger partial charge on any atom is -0.409 e. The van der Waals surface area contributed by atoms with E-state index in [4.69, 9.17) is 10.9 Å². The van der Waals surface area contributed by atoms with Crippen LogP contribution in [0.4, 0.5) is 0 Å². The summed E-state index contributed by atoms with van der Waals surface area (Å²) in [6.07, 6.45) is 0.944. The molecule has 0 aromatic rings. The minimum absolute atomic E-state index is 0.0821. The molecule has 1 aliphatic heterocycles. The van der Waals surface area contributed by atoms with E-state index in [0.717, 1.165) is 0 Å². The normalized spacial score (nSPS) is 21.3. The van der Waals surface area contributed by atoms with Gasteiger partial charge in [0.2, 0.25) is 0 Å². The Bertz CT molecular complexity index is 439. The maximum atomic E-state index is 12.4. The highest BCUT2D eigenvalue weighted by Gasteiger charge is 2.42. The van der Waals surface area contributed by atoms with Crippen molar-refractivity contribution in [3.63, 3.8) is 0 Å². The van der Waals surface area contributed by atoms with Crippen LogP contribution in [0.3, 0.4) is 0 Å². The van der Waals surface area contributed by atoms with Crippen molar-refractivity contribution in [3.05, 3.63) is 0 Å². The molecule has 1 heterocycles. The van der Waals surface area contributed by atoms with E-state index in [1.165, 1.54) is 4.31 Å². The van der Waals surface area contributed by atoms with Crippen molar-refractivity contribution < 1.29 is 13.6 Å². The number of likely N-dealkylation sites (tertiary alicyclic amines) is 1. The number of nitrogens with zero attached hydrogens (tertiary/aromatic N) is 3. The monoisotopic (exact) mass is 307 g/mol. The van der Waals surface area contributed by atoms with Gasteiger partial charge in [-0.25, -0.2) is 0 Å². The number of amidine groups is 1. The topological polar surface area (TPSA) is 111 Å². The molecule has 0 atom stereocenters. The summed E-state index contributed by atoms with van der Waals surface area (Å²) in [5.74, 6) is -0.0821. The smallest absolute Gasteiger partial charge is 0.280 e. The molecule has 0 aliphatic carbocycles. The van der Waals surface area contributed by atoms with Crippen molar-refractivity contribution in [1.29, 1.82) is 0 Å².